The number of aliphatic hydroxyl groups excluding tert-OH is 1. The van der Waals surface area contributed by atoms with Crippen LogP contribution in [-0.2, 0) is 6.18 Å². The fourth-order valence-electron chi connectivity index (χ4n) is 2.32. The van der Waals surface area contributed by atoms with Crippen LogP contribution >= 0.6 is 0 Å². The Kier molecular flexibility index (Phi) is 3.92. The van der Waals surface area contributed by atoms with Crippen molar-refractivity contribution in [2.75, 3.05) is 13.2 Å². The van der Waals surface area contributed by atoms with Crippen molar-refractivity contribution in [2.24, 2.45) is 5.92 Å². The predicted octanol–water partition coefficient (Wildman–Crippen LogP) is 2.74. The average Bonchev–Trinajstić information content (AvgIpc) is 2.38. The first kappa shape index (κ1) is 13.4. The zero-order valence-electron chi connectivity index (χ0n) is 9.87. The van der Waals surface area contributed by atoms with E-state index in [9.17, 15) is 13.2 Å². The van der Waals surface area contributed by atoms with Gasteiger partial charge in [-0.25, -0.2) is 0 Å². The summed E-state index contributed by atoms with van der Waals surface area (Å²) in [6.45, 7) is 0.926. The molecule has 1 aromatic carbocycles. The molecule has 2 unspecified atom stereocenters. The Morgan fingerprint density at radius 3 is 2.44 bits per heavy atom. The van der Waals surface area contributed by atoms with Gasteiger partial charge in [-0.05, 0) is 43.0 Å². The molecule has 1 heterocycles. The highest BCUT2D eigenvalue weighted by atomic mass is 19.4. The summed E-state index contributed by atoms with van der Waals surface area (Å²) in [4.78, 5) is 0. The molecule has 0 amide bonds. The Bertz CT molecular complexity index is 388. The van der Waals surface area contributed by atoms with E-state index in [0.29, 0.717) is 0 Å². The first-order valence-corrected chi connectivity index (χ1v) is 6.02. The molecule has 0 spiro atoms. The van der Waals surface area contributed by atoms with Crippen LogP contribution in [0.2, 0.25) is 0 Å². The van der Waals surface area contributed by atoms with Crippen LogP contribution in [0, 0.1) is 5.92 Å². The van der Waals surface area contributed by atoms with E-state index in [-0.39, 0.29) is 18.6 Å². The third-order valence-corrected chi connectivity index (χ3v) is 3.41. The standard InChI is InChI=1S/C13H16F3NO/c14-13(15,16)11-3-1-10(2-4-11)12-7-9(8-18)5-6-17-12/h1-4,9,12,17-18H,5-8H2. The SMILES string of the molecule is OCC1CCNC(c2ccc(C(F)(F)F)cc2)C1. The lowest BCUT2D eigenvalue weighted by Crippen LogP contribution is -2.33. The topological polar surface area (TPSA) is 32.3 Å². The minimum absolute atomic E-state index is 0.0400. The molecule has 0 radical (unpaired) electrons. The fourth-order valence-corrected chi connectivity index (χ4v) is 2.32. The molecule has 0 aliphatic carbocycles. The molecule has 5 heteroatoms. The summed E-state index contributed by atoms with van der Waals surface area (Å²) in [7, 11) is 0. The number of benzene rings is 1. The Morgan fingerprint density at radius 1 is 1.22 bits per heavy atom. The molecule has 1 aliphatic heterocycles. The first-order chi connectivity index (χ1) is 8.50. The van der Waals surface area contributed by atoms with Crippen molar-refractivity contribution in [1.29, 1.82) is 0 Å². The van der Waals surface area contributed by atoms with Gasteiger partial charge in [0, 0.05) is 12.6 Å². The lowest BCUT2D eigenvalue weighted by molar-refractivity contribution is -0.137. The van der Waals surface area contributed by atoms with Crippen molar-refractivity contribution in [3.63, 3.8) is 0 Å². The minimum Gasteiger partial charge on any atom is -0.396 e. The van der Waals surface area contributed by atoms with Gasteiger partial charge in [0.05, 0.1) is 5.56 Å². The maximum Gasteiger partial charge on any atom is 0.416 e. The van der Waals surface area contributed by atoms with E-state index in [1.54, 1.807) is 0 Å². The van der Waals surface area contributed by atoms with E-state index in [2.05, 4.69) is 5.32 Å². The van der Waals surface area contributed by atoms with Crippen LogP contribution < -0.4 is 5.32 Å². The summed E-state index contributed by atoms with van der Waals surface area (Å²) in [5.41, 5.74) is 0.224. The Morgan fingerprint density at radius 2 is 1.89 bits per heavy atom. The summed E-state index contributed by atoms with van der Waals surface area (Å²) >= 11 is 0. The van der Waals surface area contributed by atoms with Gasteiger partial charge < -0.3 is 10.4 Å². The third-order valence-electron chi connectivity index (χ3n) is 3.41. The van der Waals surface area contributed by atoms with E-state index < -0.39 is 11.7 Å². The zero-order valence-corrected chi connectivity index (χ0v) is 9.87. The summed E-state index contributed by atoms with van der Waals surface area (Å²) in [5, 5.41) is 12.4. The minimum atomic E-state index is -4.29. The molecule has 18 heavy (non-hydrogen) atoms. The zero-order chi connectivity index (χ0) is 13.2. The van der Waals surface area contributed by atoms with E-state index >= 15 is 0 Å². The normalized spacial score (nSPS) is 25.1. The van der Waals surface area contributed by atoms with E-state index in [1.165, 1.54) is 12.1 Å². The monoisotopic (exact) mass is 259 g/mol. The van der Waals surface area contributed by atoms with Crippen LogP contribution in [0.3, 0.4) is 0 Å². The molecule has 2 N–H and O–H groups in total. The second-order valence-electron chi connectivity index (χ2n) is 4.70. The second kappa shape index (κ2) is 5.28. The Labute approximate surface area is 104 Å². The van der Waals surface area contributed by atoms with Gasteiger partial charge in [-0.2, -0.15) is 13.2 Å². The van der Waals surface area contributed by atoms with Crippen LogP contribution in [0.4, 0.5) is 13.2 Å². The summed E-state index contributed by atoms with van der Waals surface area (Å²) in [5.74, 6) is 0.235. The van der Waals surface area contributed by atoms with Crippen LogP contribution in [-0.4, -0.2) is 18.3 Å². The molecule has 2 nitrogen and oxygen atoms in total. The molecule has 1 aliphatic rings. The number of aliphatic hydroxyl groups is 1. The van der Waals surface area contributed by atoms with E-state index in [0.717, 1.165) is 37.1 Å². The maximum atomic E-state index is 12.4. The molecule has 1 aromatic rings. The number of hydrogen-bond donors (Lipinski definition) is 2. The van der Waals surface area contributed by atoms with Crippen molar-refractivity contribution >= 4 is 0 Å². The van der Waals surface area contributed by atoms with Gasteiger partial charge >= 0.3 is 6.18 Å². The van der Waals surface area contributed by atoms with Gasteiger partial charge in [0.2, 0.25) is 0 Å². The highest BCUT2D eigenvalue weighted by Crippen LogP contribution is 2.32. The molecule has 0 aromatic heterocycles. The highest BCUT2D eigenvalue weighted by molar-refractivity contribution is 5.27. The lowest BCUT2D eigenvalue weighted by atomic mass is 9.89. The van der Waals surface area contributed by atoms with Gasteiger partial charge in [-0.15, -0.1) is 0 Å². The van der Waals surface area contributed by atoms with Gasteiger partial charge in [0.15, 0.2) is 0 Å². The fraction of sp³-hybridized carbons (Fsp3) is 0.538. The van der Waals surface area contributed by atoms with Crippen molar-refractivity contribution < 1.29 is 18.3 Å². The van der Waals surface area contributed by atoms with E-state index in [1.807, 2.05) is 0 Å². The van der Waals surface area contributed by atoms with Gasteiger partial charge in [-0.1, -0.05) is 12.1 Å². The third kappa shape index (κ3) is 3.03. The molecular formula is C13H16F3NO. The van der Waals surface area contributed by atoms with Crippen LogP contribution in [0.25, 0.3) is 0 Å². The average molecular weight is 259 g/mol. The Balaban J connectivity index is 2.09. The van der Waals surface area contributed by atoms with Gasteiger partial charge in [0.1, 0.15) is 0 Å². The number of halogens is 3. The van der Waals surface area contributed by atoms with E-state index in [4.69, 9.17) is 5.11 Å². The number of nitrogens with one attached hydrogen (secondary N) is 1. The van der Waals surface area contributed by atoms with Crippen LogP contribution in [0.1, 0.15) is 30.0 Å². The van der Waals surface area contributed by atoms with Gasteiger partial charge in [0.25, 0.3) is 0 Å². The molecule has 2 atom stereocenters. The molecule has 0 bridgehead atoms. The van der Waals surface area contributed by atoms with Crippen molar-refractivity contribution in [2.45, 2.75) is 25.1 Å². The smallest absolute Gasteiger partial charge is 0.396 e. The van der Waals surface area contributed by atoms with Crippen molar-refractivity contribution in [3.05, 3.63) is 35.4 Å². The second-order valence-corrected chi connectivity index (χ2v) is 4.70. The van der Waals surface area contributed by atoms with Crippen molar-refractivity contribution in [1.82, 2.24) is 5.32 Å². The number of piperidine rings is 1. The summed E-state index contributed by atoms with van der Waals surface area (Å²) in [6, 6.07) is 5.29. The predicted molar refractivity (Wildman–Crippen MR) is 62.0 cm³/mol. The largest absolute Gasteiger partial charge is 0.416 e. The molecule has 100 valence electrons. The molecule has 1 fully saturated rings. The Hall–Kier alpha value is -1.07. The molecule has 1 saturated heterocycles. The number of rotatable bonds is 2. The first-order valence-electron chi connectivity index (χ1n) is 6.02. The van der Waals surface area contributed by atoms with Gasteiger partial charge in [-0.3, -0.25) is 0 Å². The lowest BCUT2D eigenvalue weighted by Gasteiger charge is -2.29. The van der Waals surface area contributed by atoms with Crippen LogP contribution in [0.5, 0.6) is 0 Å². The summed E-state index contributed by atoms with van der Waals surface area (Å²) < 4.78 is 37.3. The van der Waals surface area contributed by atoms with Crippen molar-refractivity contribution in [3.8, 4) is 0 Å². The summed E-state index contributed by atoms with van der Waals surface area (Å²) in [6.07, 6.45) is -2.61. The molecular weight excluding hydrogens is 243 g/mol. The molecule has 2 rings (SSSR count). The number of hydrogen-bond acceptors (Lipinski definition) is 2. The maximum absolute atomic E-state index is 12.4. The van der Waals surface area contributed by atoms with Crippen LogP contribution in [0.15, 0.2) is 24.3 Å². The number of alkyl halides is 3. The quantitative estimate of drug-likeness (QED) is 0.856. The highest BCUT2D eigenvalue weighted by Gasteiger charge is 2.30. The molecule has 0 saturated carbocycles.